The molecule has 0 aliphatic heterocycles. The fourth-order valence-electron chi connectivity index (χ4n) is 8.74. The normalized spacial score (nSPS) is 11.7. The van der Waals surface area contributed by atoms with Gasteiger partial charge < -0.3 is 8.98 Å². The second kappa shape index (κ2) is 13.8. The van der Waals surface area contributed by atoms with Crippen molar-refractivity contribution in [1.82, 2.24) is 19.5 Å². The molecule has 0 aliphatic rings. The number of para-hydroxylation sites is 1. The van der Waals surface area contributed by atoms with Crippen LogP contribution >= 0.6 is 0 Å². The highest BCUT2D eigenvalue weighted by Crippen LogP contribution is 2.40. The van der Waals surface area contributed by atoms with Crippen molar-refractivity contribution in [3.8, 4) is 62.1 Å². The molecule has 3 aromatic heterocycles. The van der Waals surface area contributed by atoms with Gasteiger partial charge in [-0.25, -0.2) is 15.0 Å². The van der Waals surface area contributed by atoms with Crippen molar-refractivity contribution in [3.63, 3.8) is 0 Å². The van der Waals surface area contributed by atoms with E-state index in [2.05, 4.69) is 150 Å². The van der Waals surface area contributed by atoms with Gasteiger partial charge >= 0.3 is 0 Å². The van der Waals surface area contributed by atoms with Gasteiger partial charge in [0.15, 0.2) is 17.5 Å². The predicted octanol–water partition coefficient (Wildman–Crippen LogP) is 14.4. The van der Waals surface area contributed by atoms with Crippen LogP contribution in [-0.2, 0) is 0 Å². The van der Waals surface area contributed by atoms with Gasteiger partial charge in [0.2, 0.25) is 0 Å². The van der Waals surface area contributed by atoms with Crippen LogP contribution in [0, 0.1) is 0 Å². The lowest BCUT2D eigenvalue weighted by Crippen LogP contribution is -2.00. The summed E-state index contributed by atoms with van der Waals surface area (Å²) in [4.78, 5) is 14.7. The monoisotopic (exact) mass is 766 g/mol. The molecule has 0 aliphatic carbocycles. The zero-order valence-electron chi connectivity index (χ0n) is 32.3. The Morgan fingerprint density at radius 3 is 1.63 bits per heavy atom. The van der Waals surface area contributed by atoms with E-state index < -0.39 is 0 Å². The summed E-state index contributed by atoms with van der Waals surface area (Å²) in [6.07, 6.45) is 0. The smallest absolute Gasteiger partial charge is 0.164 e. The largest absolute Gasteiger partial charge is 0.456 e. The topological polar surface area (TPSA) is 56.7 Å². The van der Waals surface area contributed by atoms with Gasteiger partial charge in [0.25, 0.3) is 0 Å². The molecule has 0 bridgehead atoms. The van der Waals surface area contributed by atoms with E-state index in [1.54, 1.807) is 0 Å². The quantitative estimate of drug-likeness (QED) is 0.169. The molecule has 5 heteroatoms. The maximum Gasteiger partial charge on any atom is 0.164 e. The molecule has 0 saturated carbocycles. The number of hydrogen-bond donors (Lipinski definition) is 0. The summed E-state index contributed by atoms with van der Waals surface area (Å²) in [7, 11) is 0. The zero-order chi connectivity index (χ0) is 39.6. The van der Waals surface area contributed by atoms with Gasteiger partial charge in [-0.1, -0.05) is 158 Å². The molecule has 0 radical (unpaired) electrons. The summed E-state index contributed by atoms with van der Waals surface area (Å²) >= 11 is 0. The van der Waals surface area contributed by atoms with Gasteiger partial charge in [0, 0.05) is 43.9 Å². The van der Waals surface area contributed by atoms with Crippen LogP contribution in [0.2, 0.25) is 0 Å². The Morgan fingerprint density at radius 1 is 0.333 bits per heavy atom. The van der Waals surface area contributed by atoms with E-state index in [4.69, 9.17) is 19.4 Å². The zero-order valence-corrected chi connectivity index (χ0v) is 32.3. The van der Waals surface area contributed by atoms with Crippen LogP contribution in [0.15, 0.2) is 211 Å². The summed E-state index contributed by atoms with van der Waals surface area (Å²) in [5.74, 6) is 1.92. The van der Waals surface area contributed by atoms with Crippen LogP contribution in [0.1, 0.15) is 0 Å². The first-order valence-electron chi connectivity index (χ1n) is 20.2. The molecule has 0 fully saturated rings. The SMILES string of the molecule is c1ccc(-c2nc(-c3ccccc3)nc(-c3ccc(-c4cccc5oc6cc(-c7cccc(-n8c9ccccc9c9cc%10ccccc%10cc98)c7)ccc6c45)cc3)n2)cc1. The number of furan rings is 1. The molecule has 280 valence electrons. The molecule has 3 heterocycles. The van der Waals surface area contributed by atoms with Crippen molar-refractivity contribution in [2.75, 3.05) is 0 Å². The van der Waals surface area contributed by atoms with Crippen molar-refractivity contribution in [2.24, 2.45) is 0 Å². The number of rotatable bonds is 6. The van der Waals surface area contributed by atoms with E-state index >= 15 is 0 Å². The summed E-state index contributed by atoms with van der Waals surface area (Å²) in [5.41, 5.74) is 12.4. The average molecular weight is 767 g/mol. The number of aromatic nitrogens is 4. The fraction of sp³-hybridized carbons (Fsp3) is 0. The van der Waals surface area contributed by atoms with E-state index in [-0.39, 0.29) is 0 Å². The summed E-state index contributed by atoms with van der Waals surface area (Å²) < 4.78 is 9.00. The van der Waals surface area contributed by atoms with Gasteiger partial charge in [-0.15, -0.1) is 0 Å². The van der Waals surface area contributed by atoms with Crippen molar-refractivity contribution in [3.05, 3.63) is 206 Å². The van der Waals surface area contributed by atoms with Crippen molar-refractivity contribution >= 4 is 54.5 Å². The number of nitrogens with zero attached hydrogens (tertiary/aromatic N) is 4. The van der Waals surface area contributed by atoms with Gasteiger partial charge in [-0.2, -0.15) is 0 Å². The standard InChI is InChI=1S/C55H34N4O/c1-3-13-36(14-4-1)53-56-54(37-15-5-2-6-16-37)58-55(57-53)38-27-25-35(26-28-38)44-22-12-24-50-52(44)46-30-29-42(34-51(46)60-50)39-19-11-20-43(31-39)59-48-23-10-9-21-45(48)47-32-40-17-7-8-18-41(40)33-49(47)59/h1-34H. The Balaban J connectivity index is 0.917. The molecule has 0 saturated heterocycles. The minimum Gasteiger partial charge on any atom is -0.456 e. The van der Waals surface area contributed by atoms with Gasteiger partial charge in [0.1, 0.15) is 11.2 Å². The predicted molar refractivity (Wildman–Crippen MR) is 246 cm³/mol. The Hall–Kier alpha value is -8.15. The molecular weight excluding hydrogens is 733 g/mol. The van der Waals surface area contributed by atoms with Crippen LogP contribution in [-0.4, -0.2) is 19.5 Å². The molecular formula is C55H34N4O. The molecule has 12 aromatic rings. The maximum absolute atomic E-state index is 6.61. The Bertz CT molecular complexity index is 3530. The Labute approximate surface area is 345 Å². The fourth-order valence-corrected chi connectivity index (χ4v) is 8.74. The van der Waals surface area contributed by atoms with Crippen molar-refractivity contribution in [2.45, 2.75) is 0 Å². The Morgan fingerprint density at radius 2 is 0.900 bits per heavy atom. The van der Waals surface area contributed by atoms with E-state index in [1.165, 1.54) is 32.6 Å². The molecule has 12 rings (SSSR count). The van der Waals surface area contributed by atoms with Crippen molar-refractivity contribution < 1.29 is 4.42 Å². The molecule has 0 atom stereocenters. The number of hydrogen-bond acceptors (Lipinski definition) is 4. The minimum absolute atomic E-state index is 0.629. The molecule has 60 heavy (non-hydrogen) atoms. The summed E-state index contributed by atoms with van der Waals surface area (Å²) in [5, 5.41) is 7.15. The Kier molecular flexibility index (Phi) is 7.78. The third kappa shape index (κ3) is 5.67. The van der Waals surface area contributed by atoms with Crippen LogP contribution in [0.25, 0.3) is 117 Å². The molecule has 9 aromatic carbocycles. The molecule has 0 spiro atoms. The van der Waals surface area contributed by atoms with Gasteiger partial charge in [-0.05, 0) is 81.6 Å². The van der Waals surface area contributed by atoms with Crippen LogP contribution < -0.4 is 0 Å². The number of benzene rings is 9. The minimum atomic E-state index is 0.629. The molecule has 0 unspecified atom stereocenters. The maximum atomic E-state index is 6.61. The van der Waals surface area contributed by atoms with E-state index in [0.717, 1.165) is 66.6 Å². The third-order valence-corrected chi connectivity index (χ3v) is 11.6. The lowest BCUT2D eigenvalue weighted by Gasteiger charge is -2.11. The highest BCUT2D eigenvalue weighted by molar-refractivity contribution is 6.14. The second-order valence-corrected chi connectivity index (χ2v) is 15.2. The van der Waals surface area contributed by atoms with Crippen LogP contribution in [0.4, 0.5) is 0 Å². The first-order chi connectivity index (χ1) is 29.7. The molecule has 0 N–H and O–H groups in total. The first kappa shape index (κ1) is 33.9. The summed E-state index contributed by atoms with van der Waals surface area (Å²) in [6, 6.07) is 72.3. The number of fused-ring (bicyclic) bond motifs is 7. The van der Waals surface area contributed by atoms with E-state index in [9.17, 15) is 0 Å². The van der Waals surface area contributed by atoms with Gasteiger partial charge in [0.05, 0.1) is 11.0 Å². The average Bonchev–Trinajstić information content (AvgIpc) is 3.86. The van der Waals surface area contributed by atoms with Gasteiger partial charge in [-0.3, -0.25) is 0 Å². The molecule has 0 amide bonds. The van der Waals surface area contributed by atoms with Crippen molar-refractivity contribution in [1.29, 1.82) is 0 Å². The van der Waals surface area contributed by atoms with Crippen LogP contribution in [0.5, 0.6) is 0 Å². The highest BCUT2D eigenvalue weighted by Gasteiger charge is 2.17. The lowest BCUT2D eigenvalue weighted by molar-refractivity contribution is 0.669. The molecule has 5 nitrogen and oxygen atoms in total. The second-order valence-electron chi connectivity index (χ2n) is 15.2. The first-order valence-corrected chi connectivity index (χ1v) is 20.2. The van der Waals surface area contributed by atoms with Crippen LogP contribution in [0.3, 0.4) is 0 Å². The lowest BCUT2D eigenvalue weighted by atomic mass is 9.97. The highest BCUT2D eigenvalue weighted by atomic mass is 16.3. The van der Waals surface area contributed by atoms with E-state index in [1.807, 2.05) is 60.7 Å². The van der Waals surface area contributed by atoms with E-state index in [0.29, 0.717) is 17.5 Å². The summed E-state index contributed by atoms with van der Waals surface area (Å²) in [6.45, 7) is 0. The third-order valence-electron chi connectivity index (χ3n) is 11.6.